The summed E-state index contributed by atoms with van der Waals surface area (Å²) in [6.45, 7) is 5.78. The van der Waals surface area contributed by atoms with Crippen LogP contribution in [0.25, 0.3) is 0 Å². The van der Waals surface area contributed by atoms with Gasteiger partial charge in [0.1, 0.15) is 11.5 Å². The highest BCUT2D eigenvalue weighted by Crippen LogP contribution is 2.36. The molecular weight excluding hydrogens is 332 g/mol. The Morgan fingerprint density at radius 2 is 2.12 bits per heavy atom. The van der Waals surface area contributed by atoms with Crippen molar-refractivity contribution >= 4 is 23.2 Å². The van der Waals surface area contributed by atoms with Crippen molar-refractivity contribution in [2.24, 2.45) is 0 Å². The number of carbonyl (C=O) groups is 2. The molecule has 0 spiro atoms. The van der Waals surface area contributed by atoms with Gasteiger partial charge in [-0.15, -0.1) is 6.58 Å². The van der Waals surface area contributed by atoms with E-state index >= 15 is 0 Å². The molecule has 134 valence electrons. The molecule has 6 nitrogen and oxygen atoms in total. The third-order valence-electron chi connectivity index (χ3n) is 4.09. The van der Waals surface area contributed by atoms with Crippen LogP contribution >= 0.6 is 0 Å². The van der Waals surface area contributed by atoms with E-state index < -0.39 is 6.10 Å². The first-order valence-corrected chi connectivity index (χ1v) is 8.22. The highest BCUT2D eigenvalue weighted by molar-refractivity contribution is 6.07. The van der Waals surface area contributed by atoms with Crippen LogP contribution in [0.3, 0.4) is 0 Å². The molecule has 2 aromatic rings. The van der Waals surface area contributed by atoms with Crippen LogP contribution in [0.4, 0.5) is 11.4 Å². The second kappa shape index (κ2) is 7.31. The zero-order chi connectivity index (χ0) is 18.7. The summed E-state index contributed by atoms with van der Waals surface area (Å²) in [5.41, 5.74) is 1.66. The van der Waals surface area contributed by atoms with Gasteiger partial charge in [-0.3, -0.25) is 9.59 Å². The van der Waals surface area contributed by atoms with E-state index in [0.717, 1.165) is 0 Å². The van der Waals surface area contributed by atoms with Crippen molar-refractivity contribution in [3.05, 3.63) is 60.7 Å². The molecule has 1 unspecified atom stereocenters. The second-order valence-corrected chi connectivity index (χ2v) is 5.83. The Morgan fingerprint density at radius 3 is 2.85 bits per heavy atom. The van der Waals surface area contributed by atoms with Crippen molar-refractivity contribution < 1.29 is 19.1 Å². The largest absolute Gasteiger partial charge is 0.496 e. The molecule has 0 saturated carbocycles. The van der Waals surface area contributed by atoms with Crippen LogP contribution in [-0.4, -0.2) is 31.6 Å². The van der Waals surface area contributed by atoms with Gasteiger partial charge in [-0.1, -0.05) is 18.2 Å². The number of methoxy groups -OCH3 is 1. The minimum atomic E-state index is -0.595. The zero-order valence-electron chi connectivity index (χ0n) is 14.7. The van der Waals surface area contributed by atoms with E-state index in [9.17, 15) is 9.59 Å². The van der Waals surface area contributed by atoms with Gasteiger partial charge in [0.05, 0.1) is 18.4 Å². The average molecular weight is 352 g/mol. The van der Waals surface area contributed by atoms with Crippen LogP contribution < -0.4 is 19.7 Å². The van der Waals surface area contributed by atoms with Crippen LogP contribution in [0.1, 0.15) is 17.3 Å². The standard InChI is InChI=1S/C20H20N2O4/c1-4-11-22-16-10-9-14(12-18(16)26-13(2)20(22)24)21-19(23)15-7-5-6-8-17(15)25-3/h4-10,12-13H,1,11H2,2-3H3,(H,21,23). The lowest BCUT2D eigenvalue weighted by Crippen LogP contribution is -2.44. The number of fused-ring (bicyclic) bond motifs is 1. The van der Waals surface area contributed by atoms with Gasteiger partial charge in [-0.25, -0.2) is 0 Å². The molecule has 1 aliphatic heterocycles. The molecule has 0 fully saturated rings. The summed E-state index contributed by atoms with van der Waals surface area (Å²) in [4.78, 5) is 26.4. The van der Waals surface area contributed by atoms with Crippen molar-refractivity contribution in [3.63, 3.8) is 0 Å². The number of anilines is 2. The number of amides is 2. The van der Waals surface area contributed by atoms with Gasteiger partial charge in [0.2, 0.25) is 0 Å². The Morgan fingerprint density at radius 1 is 1.35 bits per heavy atom. The quantitative estimate of drug-likeness (QED) is 0.839. The highest BCUT2D eigenvalue weighted by atomic mass is 16.5. The van der Waals surface area contributed by atoms with Crippen LogP contribution in [0, 0.1) is 0 Å². The predicted octanol–water partition coefficient (Wildman–Crippen LogP) is 3.25. The fourth-order valence-corrected chi connectivity index (χ4v) is 2.84. The summed E-state index contributed by atoms with van der Waals surface area (Å²) < 4.78 is 10.9. The average Bonchev–Trinajstić information content (AvgIpc) is 2.65. The molecule has 1 heterocycles. The summed E-state index contributed by atoms with van der Waals surface area (Å²) in [6.07, 6.45) is 1.07. The third-order valence-corrected chi connectivity index (χ3v) is 4.09. The van der Waals surface area contributed by atoms with E-state index in [0.29, 0.717) is 35.0 Å². The van der Waals surface area contributed by atoms with Crippen LogP contribution in [-0.2, 0) is 4.79 Å². The number of benzene rings is 2. The number of hydrogen-bond acceptors (Lipinski definition) is 4. The summed E-state index contributed by atoms with van der Waals surface area (Å²) in [5.74, 6) is 0.626. The maximum absolute atomic E-state index is 12.5. The minimum Gasteiger partial charge on any atom is -0.496 e. The van der Waals surface area contributed by atoms with Gasteiger partial charge in [-0.2, -0.15) is 0 Å². The molecule has 0 saturated heterocycles. The smallest absolute Gasteiger partial charge is 0.268 e. The monoisotopic (exact) mass is 352 g/mol. The second-order valence-electron chi connectivity index (χ2n) is 5.83. The molecular formula is C20H20N2O4. The molecule has 6 heteroatoms. The lowest BCUT2D eigenvalue weighted by molar-refractivity contribution is -0.125. The van der Waals surface area contributed by atoms with E-state index in [2.05, 4.69) is 11.9 Å². The number of para-hydroxylation sites is 1. The van der Waals surface area contributed by atoms with Crippen molar-refractivity contribution in [2.75, 3.05) is 23.9 Å². The van der Waals surface area contributed by atoms with E-state index in [1.807, 2.05) is 0 Å². The summed E-state index contributed by atoms with van der Waals surface area (Å²) in [6, 6.07) is 12.2. The highest BCUT2D eigenvalue weighted by Gasteiger charge is 2.31. The molecule has 0 bridgehead atoms. The number of carbonyl (C=O) groups excluding carboxylic acids is 2. The fraction of sp³-hybridized carbons (Fsp3) is 0.200. The third kappa shape index (κ3) is 3.26. The van der Waals surface area contributed by atoms with Crippen LogP contribution in [0.15, 0.2) is 55.1 Å². The number of rotatable bonds is 5. The van der Waals surface area contributed by atoms with Gasteiger partial charge >= 0.3 is 0 Å². The van der Waals surface area contributed by atoms with Gasteiger partial charge in [0.25, 0.3) is 11.8 Å². The maximum Gasteiger partial charge on any atom is 0.268 e. The number of ether oxygens (including phenoxy) is 2. The number of nitrogens with zero attached hydrogens (tertiary/aromatic N) is 1. The molecule has 3 rings (SSSR count). The lowest BCUT2D eigenvalue weighted by Gasteiger charge is -2.32. The molecule has 1 N–H and O–H groups in total. The molecule has 2 aromatic carbocycles. The topological polar surface area (TPSA) is 67.9 Å². The lowest BCUT2D eigenvalue weighted by atomic mass is 10.1. The predicted molar refractivity (Wildman–Crippen MR) is 100 cm³/mol. The molecule has 2 amide bonds. The first-order chi connectivity index (χ1) is 12.5. The van der Waals surface area contributed by atoms with Crippen molar-refractivity contribution in [1.82, 2.24) is 0 Å². The van der Waals surface area contributed by atoms with Crippen molar-refractivity contribution in [2.45, 2.75) is 13.0 Å². The van der Waals surface area contributed by atoms with E-state index in [1.165, 1.54) is 7.11 Å². The SMILES string of the molecule is C=CCN1C(=O)C(C)Oc2cc(NC(=O)c3ccccc3OC)ccc21. The Hall–Kier alpha value is -3.28. The Balaban J connectivity index is 1.87. The molecule has 0 aromatic heterocycles. The Labute approximate surface area is 152 Å². The maximum atomic E-state index is 12.5. The minimum absolute atomic E-state index is 0.122. The normalized spacial score (nSPS) is 15.7. The molecule has 1 atom stereocenters. The van der Waals surface area contributed by atoms with E-state index in [4.69, 9.17) is 9.47 Å². The van der Waals surface area contributed by atoms with E-state index in [1.54, 1.807) is 60.4 Å². The Kier molecular flexibility index (Phi) is 4.93. The van der Waals surface area contributed by atoms with Crippen molar-refractivity contribution in [3.8, 4) is 11.5 Å². The molecule has 26 heavy (non-hydrogen) atoms. The Bertz CT molecular complexity index is 863. The fourth-order valence-electron chi connectivity index (χ4n) is 2.84. The molecule has 1 aliphatic rings. The van der Waals surface area contributed by atoms with Crippen molar-refractivity contribution in [1.29, 1.82) is 0 Å². The van der Waals surface area contributed by atoms with Gasteiger partial charge in [0, 0.05) is 18.3 Å². The van der Waals surface area contributed by atoms with Gasteiger partial charge < -0.3 is 19.7 Å². The summed E-state index contributed by atoms with van der Waals surface area (Å²) in [5, 5.41) is 2.83. The zero-order valence-corrected chi connectivity index (χ0v) is 14.7. The van der Waals surface area contributed by atoms with Gasteiger partial charge in [-0.05, 0) is 31.2 Å². The number of hydrogen-bond donors (Lipinski definition) is 1. The van der Waals surface area contributed by atoms with Gasteiger partial charge in [0.15, 0.2) is 6.10 Å². The van der Waals surface area contributed by atoms with Crippen LogP contribution in [0.5, 0.6) is 11.5 Å². The summed E-state index contributed by atoms with van der Waals surface area (Å²) >= 11 is 0. The number of nitrogens with one attached hydrogen (secondary N) is 1. The first kappa shape index (κ1) is 17.5. The first-order valence-electron chi connectivity index (χ1n) is 8.22. The van der Waals surface area contributed by atoms with E-state index in [-0.39, 0.29) is 11.8 Å². The summed E-state index contributed by atoms with van der Waals surface area (Å²) in [7, 11) is 1.52. The van der Waals surface area contributed by atoms with Crippen LogP contribution in [0.2, 0.25) is 0 Å². The molecule has 0 aliphatic carbocycles. The molecule has 0 radical (unpaired) electrons.